The van der Waals surface area contributed by atoms with Gasteiger partial charge in [0.2, 0.25) is 5.91 Å². The first-order valence-electron chi connectivity index (χ1n) is 6.33. The minimum atomic E-state index is -0.359. The van der Waals surface area contributed by atoms with Crippen molar-refractivity contribution in [1.82, 2.24) is 15.7 Å². The first-order chi connectivity index (χ1) is 10.5. The van der Waals surface area contributed by atoms with E-state index < -0.39 is 0 Å². The molecule has 0 radical (unpaired) electrons. The molecule has 0 aliphatic carbocycles. The second-order valence-electron chi connectivity index (χ2n) is 4.67. The summed E-state index contributed by atoms with van der Waals surface area (Å²) in [5.74, 6) is -0.259. The molecule has 2 rings (SSSR count). The van der Waals surface area contributed by atoms with Crippen molar-refractivity contribution in [2.75, 3.05) is 24.7 Å². The van der Waals surface area contributed by atoms with Gasteiger partial charge in [-0.05, 0) is 38.8 Å². The highest BCUT2D eigenvalue weighted by atomic mass is 79.9. The predicted molar refractivity (Wildman–Crippen MR) is 86.6 cm³/mol. The number of carbonyl (C=O) groups is 1. The lowest BCUT2D eigenvalue weighted by Gasteiger charge is -2.14. The number of hydrogen-bond acceptors (Lipinski definition) is 7. The Morgan fingerprint density at radius 3 is 2.86 bits per heavy atom. The van der Waals surface area contributed by atoms with E-state index in [4.69, 9.17) is 5.73 Å². The lowest BCUT2D eigenvalue weighted by Crippen LogP contribution is -2.20. The van der Waals surface area contributed by atoms with Crippen molar-refractivity contribution in [1.29, 1.82) is 0 Å². The van der Waals surface area contributed by atoms with Gasteiger partial charge in [-0.2, -0.15) is 5.10 Å². The number of halogens is 1. The summed E-state index contributed by atoms with van der Waals surface area (Å²) in [5.41, 5.74) is 10.0. The summed E-state index contributed by atoms with van der Waals surface area (Å²) in [6.45, 7) is 0. The zero-order valence-corrected chi connectivity index (χ0v) is 13.7. The molecule has 0 saturated heterocycles. The van der Waals surface area contributed by atoms with Crippen molar-refractivity contribution < 1.29 is 9.42 Å². The average Bonchev–Trinajstić information content (AvgIpc) is 2.84. The van der Waals surface area contributed by atoms with Crippen LogP contribution in [0, 0.1) is 0 Å². The van der Waals surface area contributed by atoms with Crippen LogP contribution in [-0.2, 0) is 11.2 Å². The second-order valence-corrected chi connectivity index (χ2v) is 5.53. The van der Waals surface area contributed by atoms with Gasteiger partial charge in [-0.1, -0.05) is 11.2 Å². The molecule has 0 aliphatic rings. The van der Waals surface area contributed by atoms with Gasteiger partial charge in [-0.15, -0.1) is 0 Å². The van der Waals surface area contributed by atoms with E-state index in [1.54, 1.807) is 6.21 Å². The molecule has 1 aromatic carbocycles. The van der Waals surface area contributed by atoms with Crippen molar-refractivity contribution in [3.8, 4) is 0 Å². The number of hydrazone groups is 1. The van der Waals surface area contributed by atoms with Crippen LogP contribution < -0.4 is 16.1 Å². The molecule has 116 valence electrons. The smallest absolute Gasteiger partial charge is 0.246 e. The number of hydrogen-bond donors (Lipinski definition) is 2. The van der Waals surface area contributed by atoms with Crippen LogP contribution in [0.1, 0.15) is 11.3 Å². The Morgan fingerprint density at radius 1 is 1.50 bits per heavy atom. The van der Waals surface area contributed by atoms with Gasteiger partial charge in [-0.3, -0.25) is 4.79 Å². The fraction of sp³-hybridized carbons (Fsp3) is 0.231. The number of anilines is 2. The summed E-state index contributed by atoms with van der Waals surface area (Å²) in [6, 6.07) is 5.76. The average molecular weight is 367 g/mol. The topological polar surface area (TPSA) is 110 Å². The Kier molecular flexibility index (Phi) is 5.10. The van der Waals surface area contributed by atoms with Crippen molar-refractivity contribution in [3.63, 3.8) is 0 Å². The summed E-state index contributed by atoms with van der Waals surface area (Å²) in [5, 5.41) is 10.8. The number of carbonyl (C=O) groups excluding carboxylic acids is 1. The maximum absolute atomic E-state index is 11.7. The van der Waals surface area contributed by atoms with Crippen LogP contribution in [-0.4, -0.2) is 36.5 Å². The van der Waals surface area contributed by atoms with Crippen LogP contribution in [0.2, 0.25) is 0 Å². The summed E-state index contributed by atoms with van der Waals surface area (Å²) < 4.78 is 5.35. The molecule has 0 fully saturated rings. The van der Waals surface area contributed by atoms with E-state index in [-0.39, 0.29) is 23.8 Å². The van der Waals surface area contributed by atoms with Gasteiger partial charge in [0.25, 0.3) is 0 Å². The number of amides is 1. The maximum Gasteiger partial charge on any atom is 0.246 e. The molecule has 9 heteroatoms. The minimum Gasteiger partial charge on any atom is -0.379 e. The highest BCUT2D eigenvalue weighted by molar-refractivity contribution is 9.10. The van der Waals surface area contributed by atoms with Crippen LogP contribution in [0.4, 0.5) is 11.5 Å². The van der Waals surface area contributed by atoms with E-state index in [1.807, 2.05) is 37.2 Å². The van der Waals surface area contributed by atoms with E-state index in [0.717, 1.165) is 15.7 Å². The highest BCUT2D eigenvalue weighted by Crippen LogP contribution is 2.25. The predicted octanol–water partition coefficient (Wildman–Crippen LogP) is 1.17. The summed E-state index contributed by atoms with van der Waals surface area (Å²) in [6.07, 6.45) is 1.50. The van der Waals surface area contributed by atoms with Crippen LogP contribution in [0.3, 0.4) is 0 Å². The SMILES string of the molecule is CN(C)c1ccc(/C=N\NC(=O)Cc2nonc2N)cc1Br. The number of aromatic nitrogens is 2. The van der Waals surface area contributed by atoms with Crippen LogP contribution >= 0.6 is 15.9 Å². The number of nitrogens with zero attached hydrogens (tertiary/aromatic N) is 4. The van der Waals surface area contributed by atoms with Gasteiger partial charge in [0.15, 0.2) is 5.82 Å². The zero-order chi connectivity index (χ0) is 16.1. The first-order valence-corrected chi connectivity index (χ1v) is 7.12. The Morgan fingerprint density at radius 2 is 2.27 bits per heavy atom. The lowest BCUT2D eigenvalue weighted by atomic mass is 10.2. The number of nitrogens with two attached hydrogens (primary N) is 1. The van der Waals surface area contributed by atoms with E-state index in [2.05, 4.69) is 41.4 Å². The van der Waals surface area contributed by atoms with E-state index >= 15 is 0 Å². The van der Waals surface area contributed by atoms with Crippen molar-refractivity contribution >= 4 is 39.6 Å². The van der Waals surface area contributed by atoms with Crippen molar-refractivity contribution in [2.24, 2.45) is 5.10 Å². The number of benzene rings is 1. The molecule has 0 bridgehead atoms. The molecule has 1 aromatic heterocycles. The van der Waals surface area contributed by atoms with E-state index in [9.17, 15) is 4.79 Å². The first kappa shape index (κ1) is 16.0. The molecule has 8 nitrogen and oxygen atoms in total. The third-order valence-electron chi connectivity index (χ3n) is 2.77. The number of nitrogens with one attached hydrogen (secondary N) is 1. The van der Waals surface area contributed by atoms with Gasteiger partial charge in [0.05, 0.1) is 18.3 Å². The van der Waals surface area contributed by atoms with Gasteiger partial charge in [0, 0.05) is 18.6 Å². The Labute approximate surface area is 135 Å². The molecule has 0 unspecified atom stereocenters. The third-order valence-corrected chi connectivity index (χ3v) is 3.41. The summed E-state index contributed by atoms with van der Waals surface area (Å²) in [4.78, 5) is 13.6. The van der Waals surface area contributed by atoms with Gasteiger partial charge in [0.1, 0.15) is 5.69 Å². The number of nitrogen functional groups attached to an aromatic ring is 1. The number of rotatable bonds is 5. The molecule has 0 spiro atoms. The molecule has 3 N–H and O–H groups in total. The largest absolute Gasteiger partial charge is 0.379 e. The second kappa shape index (κ2) is 7.03. The van der Waals surface area contributed by atoms with E-state index in [0.29, 0.717) is 0 Å². The molecule has 0 saturated carbocycles. The van der Waals surface area contributed by atoms with Gasteiger partial charge < -0.3 is 10.6 Å². The highest BCUT2D eigenvalue weighted by Gasteiger charge is 2.10. The molecule has 0 aliphatic heterocycles. The van der Waals surface area contributed by atoms with Gasteiger partial charge >= 0.3 is 0 Å². The molecule has 1 amide bonds. The quantitative estimate of drug-likeness (QED) is 0.607. The van der Waals surface area contributed by atoms with Crippen LogP contribution in [0.15, 0.2) is 32.4 Å². The van der Waals surface area contributed by atoms with Crippen LogP contribution in [0.25, 0.3) is 0 Å². The standard InChI is InChI=1S/C13H15BrN6O2/c1-20(2)11-4-3-8(5-9(11)14)7-16-17-12(21)6-10-13(15)19-22-18-10/h3-5,7H,6H2,1-2H3,(H2,15,19)(H,17,21)/b16-7-. The monoisotopic (exact) mass is 366 g/mol. The Bertz CT molecular complexity index is 698. The molecular formula is C13H15BrN6O2. The normalized spacial score (nSPS) is 10.9. The van der Waals surface area contributed by atoms with Gasteiger partial charge in [-0.25, -0.2) is 10.1 Å². The molecular weight excluding hydrogens is 352 g/mol. The third kappa shape index (κ3) is 4.04. The fourth-order valence-electron chi connectivity index (χ4n) is 1.67. The zero-order valence-electron chi connectivity index (χ0n) is 12.1. The Hall–Kier alpha value is -2.42. The molecule has 22 heavy (non-hydrogen) atoms. The molecule has 2 aromatic rings. The lowest BCUT2D eigenvalue weighted by molar-refractivity contribution is -0.120. The summed E-state index contributed by atoms with van der Waals surface area (Å²) >= 11 is 3.49. The Balaban J connectivity index is 1.93. The van der Waals surface area contributed by atoms with Crippen molar-refractivity contribution in [3.05, 3.63) is 33.9 Å². The minimum absolute atomic E-state index is 0.0457. The molecule has 0 atom stereocenters. The van der Waals surface area contributed by atoms with Crippen molar-refractivity contribution in [2.45, 2.75) is 6.42 Å². The fourth-order valence-corrected chi connectivity index (χ4v) is 2.42. The molecule has 1 heterocycles. The van der Waals surface area contributed by atoms with Crippen LogP contribution in [0.5, 0.6) is 0 Å². The van der Waals surface area contributed by atoms with E-state index in [1.165, 1.54) is 0 Å². The maximum atomic E-state index is 11.7. The summed E-state index contributed by atoms with van der Waals surface area (Å²) in [7, 11) is 3.91.